The van der Waals surface area contributed by atoms with Crippen molar-refractivity contribution in [3.8, 4) is 28.3 Å². The summed E-state index contributed by atoms with van der Waals surface area (Å²) in [7, 11) is 0. The fourth-order valence-electron chi connectivity index (χ4n) is 3.57. The smallest absolute Gasteiger partial charge is 0.372 e. The number of hydrogen-bond donors (Lipinski definition) is 1. The molecule has 204 valence electrons. The lowest BCUT2D eigenvalue weighted by Gasteiger charge is -2.09. The highest BCUT2D eigenvalue weighted by Crippen LogP contribution is 2.30. The molecule has 0 fully saturated rings. The first-order chi connectivity index (χ1) is 19.0. The third-order valence-corrected chi connectivity index (χ3v) is 6.69. The van der Waals surface area contributed by atoms with Crippen LogP contribution in [0.3, 0.4) is 0 Å². The van der Waals surface area contributed by atoms with Gasteiger partial charge in [0.2, 0.25) is 5.43 Å². The van der Waals surface area contributed by atoms with Gasteiger partial charge in [-0.25, -0.2) is 4.79 Å². The summed E-state index contributed by atoms with van der Waals surface area (Å²) < 4.78 is 5.46. The molecular weight excluding hydrogens is 555 g/mol. The number of aromatic amines is 1. The normalized spacial score (nSPS) is 10.4. The van der Waals surface area contributed by atoms with Crippen molar-refractivity contribution in [2.45, 2.75) is 45.4 Å². The molecule has 0 aliphatic heterocycles. The van der Waals surface area contributed by atoms with Crippen LogP contribution in [0.25, 0.3) is 22.5 Å². The van der Waals surface area contributed by atoms with Gasteiger partial charge in [-0.1, -0.05) is 123 Å². The summed E-state index contributed by atoms with van der Waals surface area (Å²) in [6.45, 7) is 2.20. The molecule has 0 amide bonds. The molecule has 39 heavy (non-hydrogen) atoms. The lowest BCUT2D eigenvalue weighted by atomic mass is 10.1. The molecule has 0 atom stereocenters. The lowest BCUT2D eigenvalue weighted by molar-refractivity contribution is 0.227. The Labute approximate surface area is 242 Å². The van der Waals surface area contributed by atoms with Crippen LogP contribution in [0.4, 0.5) is 4.79 Å². The maximum atomic E-state index is 12.1. The van der Waals surface area contributed by atoms with Crippen LogP contribution in [0.5, 0.6) is 5.75 Å². The second-order valence-electron chi connectivity index (χ2n) is 8.51. The van der Waals surface area contributed by atoms with E-state index in [0.717, 1.165) is 29.7 Å². The zero-order chi connectivity index (χ0) is 27.9. The molecule has 10 heteroatoms. The summed E-state index contributed by atoms with van der Waals surface area (Å²) in [5, 5.41) is 14.5. The number of H-pyrrole nitrogens is 1. The first-order valence-corrected chi connectivity index (χ1v) is 14.5. The van der Waals surface area contributed by atoms with Gasteiger partial charge >= 0.3 is 5.30 Å². The van der Waals surface area contributed by atoms with Gasteiger partial charge in [0, 0.05) is 29.0 Å². The molecule has 4 aromatic rings. The van der Waals surface area contributed by atoms with Gasteiger partial charge < -0.3 is 4.74 Å². The number of carbonyl (C=O) groups excluding carboxylic acids is 1. The van der Waals surface area contributed by atoms with Gasteiger partial charge in [0.05, 0.1) is 0 Å². The van der Waals surface area contributed by atoms with E-state index in [1.54, 1.807) is 0 Å². The molecule has 0 aliphatic rings. The average Bonchev–Trinajstić information content (AvgIpc) is 2.94. The molecule has 7 nitrogen and oxygen atoms in total. The highest BCUT2D eigenvalue weighted by molar-refractivity contribution is 8.13. The van der Waals surface area contributed by atoms with Gasteiger partial charge in [-0.15, -0.1) is 10.2 Å². The van der Waals surface area contributed by atoms with Crippen LogP contribution >= 0.6 is 35.0 Å². The molecule has 0 saturated carbocycles. The van der Waals surface area contributed by atoms with Crippen LogP contribution in [0, 0.1) is 0 Å². The van der Waals surface area contributed by atoms with Crippen molar-refractivity contribution in [2.75, 3.05) is 5.75 Å². The van der Waals surface area contributed by atoms with Crippen molar-refractivity contribution < 1.29 is 9.53 Å². The summed E-state index contributed by atoms with van der Waals surface area (Å²) in [4.78, 5) is 23.6. The van der Waals surface area contributed by atoms with E-state index in [-0.39, 0.29) is 21.0 Å². The Kier molecular flexibility index (Phi) is 13.0. The Morgan fingerprint density at radius 2 is 1.46 bits per heavy atom. The van der Waals surface area contributed by atoms with Crippen molar-refractivity contribution in [3.05, 3.63) is 93.3 Å². The van der Waals surface area contributed by atoms with Gasteiger partial charge in [-0.05, 0) is 18.2 Å². The third-order valence-electron chi connectivity index (χ3n) is 5.50. The topological polar surface area (TPSA) is 97.8 Å². The monoisotopic (exact) mass is 584 g/mol. The molecule has 2 aromatic heterocycles. The van der Waals surface area contributed by atoms with Crippen molar-refractivity contribution >= 4 is 40.3 Å². The SMILES string of the molecule is CCCCCCCCSC(=O)Oc1cc(Cl)nnc1-c1ccccc1.O=c1cc(Cl)[nH]nc1-c1ccccc1. The number of hydrogen-bond acceptors (Lipinski definition) is 7. The number of nitrogens with zero attached hydrogens (tertiary/aromatic N) is 3. The fourth-order valence-corrected chi connectivity index (χ4v) is 4.51. The number of benzene rings is 2. The van der Waals surface area contributed by atoms with E-state index in [1.165, 1.54) is 49.6 Å². The van der Waals surface area contributed by atoms with E-state index in [9.17, 15) is 9.59 Å². The molecule has 4 rings (SSSR count). The molecule has 2 aromatic carbocycles. The van der Waals surface area contributed by atoms with Crippen LogP contribution in [0.2, 0.25) is 10.3 Å². The van der Waals surface area contributed by atoms with Gasteiger partial charge in [-0.2, -0.15) is 5.10 Å². The Hall–Kier alpha value is -3.20. The van der Waals surface area contributed by atoms with Crippen molar-refractivity contribution in [1.29, 1.82) is 0 Å². The van der Waals surface area contributed by atoms with E-state index in [0.29, 0.717) is 17.1 Å². The van der Waals surface area contributed by atoms with E-state index < -0.39 is 0 Å². The number of nitrogens with one attached hydrogen (secondary N) is 1. The Morgan fingerprint density at radius 3 is 2.10 bits per heavy atom. The average molecular weight is 586 g/mol. The molecule has 1 N–H and O–H groups in total. The Balaban J connectivity index is 0.000000252. The number of thioether (sulfide) groups is 1. The number of aromatic nitrogens is 4. The highest BCUT2D eigenvalue weighted by Gasteiger charge is 2.14. The van der Waals surface area contributed by atoms with Crippen molar-refractivity contribution in [3.63, 3.8) is 0 Å². The first kappa shape index (κ1) is 30.3. The molecule has 0 spiro atoms. The van der Waals surface area contributed by atoms with Crippen LogP contribution in [-0.2, 0) is 0 Å². The quantitative estimate of drug-likeness (QED) is 0.147. The van der Waals surface area contributed by atoms with Gasteiger partial charge in [-0.3, -0.25) is 9.89 Å². The minimum Gasteiger partial charge on any atom is -0.416 e. The fraction of sp³-hybridized carbons (Fsp3) is 0.276. The zero-order valence-electron chi connectivity index (χ0n) is 21.6. The van der Waals surface area contributed by atoms with E-state index in [4.69, 9.17) is 27.9 Å². The summed E-state index contributed by atoms with van der Waals surface area (Å²) in [5.41, 5.74) is 2.33. The van der Waals surface area contributed by atoms with E-state index in [1.807, 2.05) is 60.7 Å². The summed E-state index contributed by atoms with van der Waals surface area (Å²) in [6.07, 6.45) is 7.20. The van der Waals surface area contributed by atoms with Gasteiger partial charge in [0.15, 0.2) is 10.9 Å². The summed E-state index contributed by atoms with van der Waals surface area (Å²) in [5.74, 6) is 1.10. The van der Waals surface area contributed by atoms with Crippen molar-refractivity contribution in [2.24, 2.45) is 0 Å². The van der Waals surface area contributed by atoms with Gasteiger partial charge in [0.1, 0.15) is 16.5 Å². The highest BCUT2D eigenvalue weighted by atomic mass is 35.5. The molecule has 2 heterocycles. The maximum Gasteiger partial charge on any atom is 0.372 e. The standard InChI is InChI=1S/C19H23ClN2O2S.C10H7ClN2O/c1-2-3-4-5-6-10-13-25-19(23)24-16-14-17(20)21-22-18(16)15-11-8-7-9-12-15;11-9-6-8(14)10(13-12-9)7-4-2-1-3-5-7/h7-9,11-12,14H,2-6,10,13H2,1H3;1-6H,(H,12,14). The zero-order valence-corrected chi connectivity index (χ0v) is 23.9. The van der Waals surface area contributed by atoms with Crippen molar-refractivity contribution in [1.82, 2.24) is 20.4 Å². The van der Waals surface area contributed by atoms with E-state index >= 15 is 0 Å². The molecule has 0 saturated heterocycles. The van der Waals surface area contributed by atoms with E-state index in [2.05, 4.69) is 27.3 Å². The largest absolute Gasteiger partial charge is 0.416 e. The molecule has 0 unspecified atom stereocenters. The molecular formula is C29H30Cl2N4O3S. The summed E-state index contributed by atoms with van der Waals surface area (Å²) >= 11 is 12.7. The predicted molar refractivity (Wildman–Crippen MR) is 160 cm³/mol. The number of unbranched alkanes of at least 4 members (excludes halogenated alkanes) is 5. The molecule has 0 bridgehead atoms. The minimum atomic E-state index is -0.338. The Bertz CT molecular complexity index is 1370. The number of carbonyl (C=O) groups is 1. The van der Waals surface area contributed by atoms with Crippen LogP contribution in [0.15, 0.2) is 77.6 Å². The lowest BCUT2D eigenvalue weighted by Crippen LogP contribution is -2.07. The first-order valence-electron chi connectivity index (χ1n) is 12.7. The second-order valence-corrected chi connectivity index (χ2v) is 10.3. The molecule has 0 aliphatic carbocycles. The third kappa shape index (κ3) is 10.5. The van der Waals surface area contributed by atoms with Crippen LogP contribution in [0.1, 0.15) is 45.4 Å². The second kappa shape index (κ2) is 16.7. The number of halogens is 2. The van der Waals surface area contributed by atoms with Gasteiger partial charge in [0.25, 0.3) is 0 Å². The number of ether oxygens (including phenoxy) is 1. The summed E-state index contributed by atoms with van der Waals surface area (Å²) in [6, 6.07) is 21.6. The maximum absolute atomic E-state index is 12.1. The molecule has 0 radical (unpaired) electrons. The van der Waals surface area contributed by atoms with Crippen LogP contribution in [-0.4, -0.2) is 31.4 Å². The number of rotatable bonds is 10. The van der Waals surface area contributed by atoms with Crippen LogP contribution < -0.4 is 10.2 Å². The minimum absolute atomic E-state index is 0.181. The Morgan fingerprint density at radius 1 is 0.846 bits per heavy atom. The predicted octanol–water partition coefficient (Wildman–Crippen LogP) is 8.48.